The van der Waals surface area contributed by atoms with Gasteiger partial charge >= 0.3 is 0 Å². The van der Waals surface area contributed by atoms with Gasteiger partial charge in [-0.25, -0.2) is 0 Å². The molecular weight excluding hydrogens is 237 g/mol. The van der Waals surface area contributed by atoms with E-state index in [4.69, 9.17) is 4.84 Å². The molecule has 0 saturated carbocycles. The Labute approximate surface area is 95.3 Å². The molecule has 1 aromatic rings. The van der Waals surface area contributed by atoms with Crippen LogP contribution in [0.1, 0.15) is 11.8 Å². The maximum atomic E-state index is 9.20. The largest absolute Gasteiger partial charge is 0.508 e. The molecule has 2 N–H and O–H groups in total. The van der Waals surface area contributed by atoms with Gasteiger partial charge in [-0.15, -0.1) is 0 Å². The molecule has 1 aromatic carbocycles. The first-order valence-corrected chi connectivity index (χ1v) is 3.07. The second-order valence-electron chi connectivity index (χ2n) is 2.17. The van der Waals surface area contributed by atoms with Crippen LogP contribution in [0.25, 0.3) is 0 Å². The molecule has 5 heteroatoms. The van der Waals surface area contributed by atoms with Crippen LogP contribution < -0.4 is 5.48 Å². The Morgan fingerprint density at radius 1 is 1.33 bits per heavy atom. The minimum atomic E-state index is -0.0961. The summed E-state index contributed by atoms with van der Waals surface area (Å²) in [5.41, 5.74) is 3.43. The number of phenolic OH excluding ortho intramolecular Hbond substituents is 1. The maximum absolute atomic E-state index is 9.20. The summed E-state index contributed by atoms with van der Waals surface area (Å²) in [5.74, 6) is 0.275. The fourth-order valence-electron chi connectivity index (χ4n) is 0.870. The molecule has 0 aromatic heterocycles. The van der Waals surface area contributed by atoms with E-state index in [1.165, 1.54) is 0 Å². The average molecular weight is 244 g/mol. The van der Waals surface area contributed by atoms with Gasteiger partial charge in [-0.2, -0.15) is 5.48 Å². The third-order valence-corrected chi connectivity index (χ3v) is 1.45. The van der Waals surface area contributed by atoms with Crippen molar-refractivity contribution < 1.29 is 48.2 Å². The molecule has 1 aliphatic heterocycles. The zero-order chi connectivity index (χ0) is 6.97. The van der Waals surface area contributed by atoms with Gasteiger partial charge in [0.2, 0.25) is 0 Å². The van der Waals surface area contributed by atoms with Gasteiger partial charge in [0.25, 0.3) is 0 Å². The van der Waals surface area contributed by atoms with Crippen molar-refractivity contribution in [3.05, 3.63) is 29.8 Å². The minimum absolute atomic E-state index is 0. The number of aromatic hydroxyl groups is 1. The summed E-state index contributed by atoms with van der Waals surface area (Å²) in [4.78, 5) is 4.77. The summed E-state index contributed by atoms with van der Waals surface area (Å²) in [7, 11) is 0. The van der Waals surface area contributed by atoms with E-state index in [1.807, 2.05) is 12.1 Å². The first-order valence-electron chi connectivity index (χ1n) is 3.07. The predicted molar refractivity (Wildman–Crippen MR) is 35.1 cm³/mol. The summed E-state index contributed by atoms with van der Waals surface area (Å²) in [6, 6.07) is 7.10. The number of hydrogen-bond acceptors (Lipinski definition) is 3. The third-order valence-electron chi connectivity index (χ3n) is 1.45. The molecule has 3 nitrogen and oxygen atoms in total. The monoisotopic (exact) mass is 243 g/mol. The van der Waals surface area contributed by atoms with Crippen LogP contribution in [0, 0.1) is 0 Å². The molecule has 0 radical (unpaired) electrons. The molecular formula is C7H7NNiO2Ti. The number of hydrogen-bond donors (Lipinski definition) is 2. The Morgan fingerprint density at radius 2 is 1.92 bits per heavy atom. The Morgan fingerprint density at radius 3 is 2.42 bits per heavy atom. The average Bonchev–Trinajstić information content (AvgIpc) is 2.71. The Hall–Kier alpha value is 0.148. The zero-order valence-corrected chi connectivity index (χ0v) is 8.61. The van der Waals surface area contributed by atoms with Crippen LogP contribution in [-0.2, 0) is 43.0 Å². The van der Waals surface area contributed by atoms with Crippen LogP contribution in [0.2, 0.25) is 0 Å². The van der Waals surface area contributed by atoms with Crippen LogP contribution in [0.3, 0.4) is 0 Å². The van der Waals surface area contributed by atoms with E-state index in [0.717, 1.165) is 5.56 Å². The predicted octanol–water partition coefficient (Wildman–Crippen LogP) is 0.921. The summed E-state index contributed by atoms with van der Waals surface area (Å²) >= 11 is 0. The van der Waals surface area contributed by atoms with Crippen molar-refractivity contribution in [3.8, 4) is 5.75 Å². The maximum Gasteiger partial charge on any atom is 0.180 e. The van der Waals surface area contributed by atoms with Crippen molar-refractivity contribution in [2.24, 2.45) is 0 Å². The van der Waals surface area contributed by atoms with Crippen LogP contribution >= 0.6 is 0 Å². The van der Waals surface area contributed by atoms with Crippen molar-refractivity contribution in [3.63, 3.8) is 0 Å². The summed E-state index contributed by atoms with van der Waals surface area (Å²) < 4.78 is 0. The van der Waals surface area contributed by atoms with Gasteiger partial charge < -0.3 is 5.11 Å². The van der Waals surface area contributed by atoms with Crippen molar-refractivity contribution in [2.45, 2.75) is 6.23 Å². The second-order valence-corrected chi connectivity index (χ2v) is 2.17. The molecule has 1 unspecified atom stereocenters. The first-order chi connectivity index (χ1) is 4.88. The van der Waals surface area contributed by atoms with Crippen LogP contribution in [0.5, 0.6) is 5.75 Å². The molecule has 0 aliphatic carbocycles. The molecule has 1 atom stereocenters. The Kier molecular flexibility index (Phi) is 5.06. The van der Waals surface area contributed by atoms with Crippen molar-refractivity contribution in [2.75, 3.05) is 0 Å². The molecule has 0 amide bonds. The van der Waals surface area contributed by atoms with Crippen LogP contribution in [0.15, 0.2) is 24.3 Å². The summed E-state index contributed by atoms with van der Waals surface area (Å²) in [5, 5.41) is 9.20. The van der Waals surface area contributed by atoms with Crippen molar-refractivity contribution in [1.82, 2.24) is 5.48 Å². The van der Waals surface area contributed by atoms with E-state index in [1.54, 1.807) is 12.1 Å². The number of phenols is 1. The van der Waals surface area contributed by atoms with Gasteiger partial charge in [0.05, 0.1) is 0 Å². The first kappa shape index (κ1) is 12.1. The standard InChI is InChI=1S/C7H7NO2.Ni.Ti/c9-6-4-2-1-3-5(6)7-8-10-7;;/h1-4,7-9H;;. The van der Waals surface area contributed by atoms with Crippen LogP contribution in [-0.4, -0.2) is 5.11 Å². The number of nitrogens with one attached hydrogen (secondary N) is 1. The molecule has 1 heterocycles. The molecule has 66 valence electrons. The Balaban J connectivity index is 0.000000605. The van der Waals surface area contributed by atoms with Crippen LogP contribution in [0.4, 0.5) is 0 Å². The van der Waals surface area contributed by atoms with Gasteiger partial charge in [0, 0.05) is 43.8 Å². The molecule has 12 heavy (non-hydrogen) atoms. The fourth-order valence-corrected chi connectivity index (χ4v) is 0.870. The van der Waals surface area contributed by atoms with E-state index in [9.17, 15) is 5.11 Å². The number of hydroxylamine groups is 1. The topological polar surface area (TPSA) is 54.7 Å². The van der Waals surface area contributed by atoms with Gasteiger partial charge in [-0.05, 0) is 6.07 Å². The smallest absolute Gasteiger partial charge is 0.180 e. The van der Waals surface area contributed by atoms with Gasteiger partial charge in [-0.3, -0.25) is 4.84 Å². The van der Waals surface area contributed by atoms with Crippen molar-refractivity contribution >= 4 is 0 Å². The van der Waals surface area contributed by atoms with Gasteiger partial charge in [0.15, 0.2) is 6.23 Å². The SMILES string of the molecule is Oc1ccccc1C1NO1.[Ni].[Ti]. The third kappa shape index (κ3) is 2.58. The number of rotatable bonds is 1. The van der Waals surface area contributed by atoms with E-state index in [-0.39, 0.29) is 50.2 Å². The van der Waals surface area contributed by atoms with E-state index >= 15 is 0 Å². The molecule has 2 rings (SSSR count). The summed E-state index contributed by atoms with van der Waals surface area (Å²) in [6.07, 6.45) is -0.0961. The van der Waals surface area contributed by atoms with E-state index < -0.39 is 0 Å². The summed E-state index contributed by atoms with van der Waals surface area (Å²) in [6.45, 7) is 0. The quantitative estimate of drug-likeness (QED) is 0.570. The van der Waals surface area contributed by atoms with Gasteiger partial charge in [0.1, 0.15) is 5.75 Å². The minimum Gasteiger partial charge on any atom is -0.508 e. The molecule has 1 saturated heterocycles. The molecule has 1 fully saturated rings. The zero-order valence-electron chi connectivity index (χ0n) is 6.06. The fraction of sp³-hybridized carbons (Fsp3) is 0.143. The van der Waals surface area contributed by atoms with Gasteiger partial charge in [-0.1, -0.05) is 18.2 Å². The second kappa shape index (κ2) is 5.00. The molecule has 0 spiro atoms. The number of para-hydroxylation sites is 1. The Bertz CT molecular complexity index is 255. The van der Waals surface area contributed by atoms with Crippen molar-refractivity contribution in [1.29, 1.82) is 0 Å². The van der Waals surface area contributed by atoms with E-state index in [2.05, 4.69) is 5.48 Å². The number of benzene rings is 1. The normalized spacial score (nSPS) is 18.8. The molecule has 1 aliphatic rings. The molecule has 0 bridgehead atoms. The van der Waals surface area contributed by atoms with E-state index in [0.29, 0.717) is 0 Å².